The maximum absolute atomic E-state index is 8.66. The summed E-state index contributed by atoms with van der Waals surface area (Å²) in [6.07, 6.45) is 4.66. The van der Waals surface area contributed by atoms with Crippen LogP contribution in [0.5, 0.6) is 5.75 Å². The lowest BCUT2D eigenvalue weighted by atomic mass is 10.3. The van der Waals surface area contributed by atoms with Gasteiger partial charge in [0.25, 0.3) is 0 Å². The normalized spacial score (nSPS) is 14.2. The van der Waals surface area contributed by atoms with Crippen molar-refractivity contribution in [1.29, 1.82) is 5.26 Å². The standard InChI is InChI=1S/C12H15N3O/c1-16-11-4-2-8-14-12(11)15(9-3-7-13)10-5-6-10/h2,4,8,10H,3,5-6,9H2,1H3. The van der Waals surface area contributed by atoms with Crippen molar-refractivity contribution in [3.8, 4) is 11.8 Å². The van der Waals surface area contributed by atoms with Gasteiger partial charge in [0.1, 0.15) is 0 Å². The fourth-order valence-corrected chi connectivity index (χ4v) is 1.78. The average Bonchev–Trinajstić information content (AvgIpc) is 3.14. The number of ether oxygens (including phenoxy) is 1. The highest BCUT2D eigenvalue weighted by Crippen LogP contribution is 2.35. The topological polar surface area (TPSA) is 49.1 Å². The van der Waals surface area contributed by atoms with Gasteiger partial charge in [0.2, 0.25) is 0 Å². The molecule has 1 saturated carbocycles. The monoisotopic (exact) mass is 217 g/mol. The number of hydrogen-bond donors (Lipinski definition) is 0. The van der Waals surface area contributed by atoms with Gasteiger partial charge < -0.3 is 9.64 Å². The van der Waals surface area contributed by atoms with E-state index in [1.54, 1.807) is 13.3 Å². The molecule has 0 amide bonds. The molecule has 0 radical (unpaired) electrons. The molecule has 0 bridgehead atoms. The minimum absolute atomic E-state index is 0.524. The van der Waals surface area contributed by atoms with Gasteiger partial charge in [-0.05, 0) is 25.0 Å². The molecule has 0 aliphatic heterocycles. The minimum Gasteiger partial charge on any atom is -0.493 e. The molecular formula is C12H15N3O. The van der Waals surface area contributed by atoms with E-state index in [1.165, 1.54) is 12.8 Å². The van der Waals surface area contributed by atoms with Crippen LogP contribution in [-0.4, -0.2) is 24.7 Å². The maximum Gasteiger partial charge on any atom is 0.171 e. The van der Waals surface area contributed by atoms with Crippen molar-refractivity contribution in [2.24, 2.45) is 0 Å². The van der Waals surface area contributed by atoms with E-state index in [9.17, 15) is 0 Å². The number of aromatic nitrogens is 1. The molecule has 1 aliphatic carbocycles. The van der Waals surface area contributed by atoms with Gasteiger partial charge in [0.15, 0.2) is 11.6 Å². The second-order valence-corrected chi connectivity index (χ2v) is 3.86. The highest BCUT2D eigenvalue weighted by atomic mass is 16.5. The molecule has 1 aromatic rings. The Kier molecular flexibility index (Phi) is 3.25. The van der Waals surface area contributed by atoms with Crippen LogP contribution in [0.4, 0.5) is 5.82 Å². The van der Waals surface area contributed by atoms with E-state index < -0.39 is 0 Å². The molecule has 84 valence electrons. The van der Waals surface area contributed by atoms with E-state index in [0.717, 1.165) is 18.1 Å². The molecule has 0 aromatic carbocycles. The van der Waals surface area contributed by atoms with Gasteiger partial charge in [-0.2, -0.15) is 5.26 Å². The Morgan fingerprint density at radius 1 is 1.62 bits per heavy atom. The van der Waals surface area contributed by atoms with Crippen LogP contribution in [0.15, 0.2) is 18.3 Å². The van der Waals surface area contributed by atoms with E-state index in [2.05, 4.69) is 16.0 Å². The van der Waals surface area contributed by atoms with Crippen molar-refractivity contribution in [2.45, 2.75) is 25.3 Å². The van der Waals surface area contributed by atoms with E-state index >= 15 is 0 Å². The summed E-state index contributed by atoms with van der Waals surface area (Å²) in [6, 6.07) is 6.48. The summed E-state index contributed by atoms with van der Waals surface area (Å²) in [5, 5.41) is 8.66. The molecule has 16 heavy (non-hydrogen) atoms. The molecule has 0 atom stereocenters. The van der Waals surface area contributed by atoms with Gasteiger partial charge >= 0.3 is 0 Å². The lowest BCUT2D eigenvalue weighted by Gasteiger charge is -2.23. The van der Waals surface area contributed by atoms with Crippen molar-refractivity contribution in [2.75, 3.05) is 18.6 Å². The number of methoxy groups -OCH3 is 1. The Balaban J connectivity index is 2.20. The second-order valence-electron chi connectivity index (χ2n) is 3.86. The summed E-state index contributed by atoms with van der Waals surface area (Å²) in [4.78, 5) is 6.54. The van der Waals surface area contributed by atoms with Gasteiger partial charge in [-0.15, -0.1) is 0 Å². The maximum atomic E-state index is 8.66. The Hall–Kier alpha value is -1.76. The SMILES string of the molecule is COc1cccnc1N(CCC#N)C1CC1. The molecule has 1 heterocycles. The molecular weight excluding hydrogens is 202 g/mol. The fraction of sp³-hybridized carbons (Fsp3) is 0.500. The summed E-state index contributed by atoms with van der Waals surface area (Å²) in [6.45, 7) is 0.731. The Morgan fingerprint density at radius 2 is 2.44 bits per heavy atom. The molecule has 0 N–H and O–H groups in total. The fourth-order valence-electron chi connectivity index (χ4n) is 1.78. The first-order chi connectivity index (χ1) is 7.86. The lowest BCUT2D eigenvalue weighted by Crippen LogP contribution is -2.27. The number of nitrogens with zero attached hydrogens (tertiary/aromatic N) is 3. The highest BCUT2D eigenvalue weighted by molar-refractivity contribution is 5.53. The third-order valence-corrected chi connectivity index (χ3v) is 2.69. The zero-order valence-corrected chi connectivity index (χ0v) is 9.39. The van der Waals surface area contributed by atoms with E-state index in [-0.39, 0.29) is 0 Å². The summed E-state index contributed by atoms with van der Waals surface area (Å²) < 4.78 is 5.30. The van der Waals surface area contributed by atoms with E-state index in [1.807, 2.05) is 12.1 Å². The Bertz CT molecular complexity index is 395. The largest absolute Gasteiger partial charge is 0.493 e. The van der Waals surface area contributed by atoms with Crippen LogP contribution in [-0.2, 0) is 0 Å². The number of rotatable bonds is 5. The molecule has 0 saturated heterocycles. The van der Waals surface area contributed by atoms with Crippen LogP contribution in [0.1, 0.15) is 19.3 Å². The van der Waals surface area contributed by atoms with Crippen molar-refractivity contribution in [1.82, 2.24) is 4.98 Å². The molecule has 0 unspecified atom stereocenters. The van der Waals surface area contributed by atoms with E-state index in [4.69, 9.17) is 10.00 Å². The van der Waals surface area contributed by atoms with Crippen molar-refractivity contribution < 1.29 is 4.74 Å². The molecule has 4 heteroatoms. The molecule has 1 aliphatic rings. The van der Waals surface area contributed by atoms with Gasteiger partial charge in [-0.25, -0.2) is 4.98 Å². The van der Waals surface area contributed by atoms with Crippen LogP contribution in [0.2, 0.25) is 0 Å². The number of hydrogen-bond acceptors (Lipinski definition) is 4. The number of anilines is 1. The molecule has 0 spiro atoms. The third kappa shape index (κ3) is 2.25. The minimum atomic E-state index is 0.524. The van der Waals surface area contributed by atoms with Gasteiger partial charge in [-0.3, -0.25) is 0 Å². The molecule has 1 aromatic heterocycles. The number of nitriles is 1. The summed E-state index contributed by atoms with van der Waals surface area (Å²) in [5.74, 6) is 1.65. The van der Waals surface area contributed by atoms with E-state index in [0.29, 0.717) is 12.5 Å². The van der Waals surface area contributed by atoms with Crippen molar-refractivity contribution >= 4 is 5.82 Å². The zero-order valence-electron chi connectivity index (χ0n) is 9.39. The lowest BCUT2D eigenvalue weighted by molar-refractivity contribution is 0.412. The summed E-state index contributed by atoms with van der Waals surface area (Å²) in [5.41, 5.74) is 0. The predicted octanol–water partition coefficient (Wildman–Crippen LogP) is 1.97. The molecule has 2 rings (SSSR count). The third-order valence-electron chi connectivity index (χ3n) is 2.69. The Labute approximate surface area is 95.5 Å². The van der Waals surface area contributed by atoms with Crippen LogP contribution < -0.4 is 9.64 Å². The average molecular weight is 217 g/mol. The smallest absolute Gasteiger partial charge is 0.171 e. The quantitative estimate of drug-likeness (QED) is 0.756. The van der Waals surface area contributed by atoms with Crippen LogP contribution in [0.25, 0.3) is 0 Å². The van der Waals surface area contributed by atoms with Gasteiger partial charge in [0.05, 0.1) is 19.6 Å². The van der Waals surface area contributed by atoms with Gasteiger partial charge in [-0.1, -0.05) is 0 Å². The summed E-state index contributed by atoms with van der Waals surface area (Å²) in [7, 11) is 1.65. The first-order valence-electron chi connectivity index (χ1n) is 5.49. The van der Waals surface area contributed by atoms with Crippen LogP contribution in [0.3, 0.4) is 0 Å². The number of pyridine rings is 1. The summed E-state index contributed by atoms with van der Waals surface area (Å²) >= 11 is 0. The van der Waals surface area contributed by atoms with Crippen LogP contribution in [0, 0.1) is 11.3 Å². The second kappa shape index (κ2) is 4.84. The first kappa shape index (κ1) is 10.7. The Morgan fingerprint density at radius 3 is 3.06 bits per heavy atom. The highest BCUT2D eigenvalue weighted by Gasteiger charge is 2.31. The molecule has 4 nitrogen and oxygen atoms in total. The van der Waals surface area contributed by atoms with Crippen molar-refractivity contribution in [3.63, 3.8) is 0 Å². The zero-order chi connectivity index (χ0) is 11.4. The first-order valence-corrected chi connectivity index (χ1v) is 5.49. The molecule has 1 fully saturated rings. The van der Waals surface area contributed by atoms with Crippen molar-refractivity contribution in [3.05, 3.63) is 18.3 Å². The van der Waals surface area contributed by atoms with Crippen LogP contribution >= 0.6 is 0 Å². The van der Waals surface area contributed by atoms with Gasteiger partial charge in [0, 0.05) is 18.8 Å². The predicted molar refractivity (Wildman–Crippen MR) is 61.4 cm³/mol.